The average molecular weight is 379 g/mol. The lowest BCUT2D eigenvalue weighted by atomic mass is 9.44. The van der Waals surface area contributed by atoms with Crippen molar-refractivity contribution in [2.45, 2.75) is 110 Å². The highest BCUT2D eigenvalue weighted by atomic mass is 28.4. The molecule has 0 spiro atoms. The molecule has 4 saturated carbocycles. The highest BCUT2D eigenvalue weighted by molar-refractivity contribution is 6.69. The maximum atomic E-state index is 11.1. The highest BCUT2D eigenvalue weighted by Gasteiger charge is 2.63. The van der Waals surface area contributed by atoms with E-state index in [1.165, 1.54) is 51.4 Å². The molecule has 0 aromatic carbocycles. The summed E-state index contributed by atoms with van der Waals surface area (Å²) >= 11 is 0. The molecule has 0 amide bonds. The lowest BCUT2D eigenvalue weighted by molar-refractivity contribution is -0.152. The molecule has 4 rings (SSSR count). The Morgan fingerprint density at radius 1 is 0.846 bits per heavy atom. The summed E-state index contributed by atoms with van der Waals surface area (Å²) in [6, 6.07) is 0. The van der Waals surface area contributed by atoms with Gasteiger partial charge in [0, 0.05) is 6.10 Å². The van der Waals surface area contributed by atoms with Gasteiger partial charge in [-0.3, -0.25) is 0 Å². The van der Waals surface area contributed by atoms with Crippen LogP contribution < -0.4 is 0 Å². The summed E-state index contributed by atoms with van der Waals surface area (Å²) < 4.78 is 6.53. The molecule has 26 heavy (non-hydrogen) atoms. The fraction of sp³-hybridized carbons (Fsp3) is 1.00. The van der Waals surface area contributed by atoms with Crippen LogP contribution in [-0.4, -0.2) is 25.1 Å². The molecule has 8 atom stereocenters. The second-order valence-corrected chi connectivity index (χ2v) is 16.5. The minimum Gasteiger partial charge on any atom is -0.415 e. The summed E-state index contributed by atoms with van der Waals surface area (Å²) in [5.74, 6) is 3.37. The Labute approximate surface area is 162 Å². The normalized spacial score (nSPS) is 54.3. The van der Waals surface area contributed by atoms with Gasteiger partial charge < -0.3 is 9.53 Å². The molecule has 0 aromatic rings. The van der Waals surface area contributed by atoms with E-state index in [1.54, 1.807) is 0 Å². The van der Waals surface area contributed by atoms with E-state index in [9.17, 15) is 5.11 Å². The predicted molar refractivity (Wildman–Crippen MR) is 111 cm³/mol. The summed E-state index contributed by atoms with van der Waals surface area (Å²) in [6.45, 7) is 14.2. The van der Waals surface area contributed by atoms with Gasteiger partial charge in [0.25, 0.3) is 0 Å². The van der Waals surface area contributed by atoms with Gasteiger partial charge in [0.1, 0.15) is 0 Å². The van der Waals surface area contributed by atoms with Gasteiger partial charge in [-0.05, 0) is 119 Å². The van der Waals surface area contributed by atoms with Crippen LogP contribution in [0, 0.1) is 34.5 Å². The van der Waals surface area contributed by atoms with Gasteiger partial charge in [-0.15, -0.1) is 0 Å². The summed E-state index contributed by atoms with van der Waals surface area (Å²) in [6.07, 6.45) is 12.1. The van der Waals surface area contributed by atoms with Crippen LogP contribution in [0.25, 0.3) is 0 Å². The lowest BCUT2D eigenvalue weighted by Gasteiger charge is -2.61. The number of fused-ring (bicyclic) bond motifs is 5. The molecule has 0 aromatic heterocycles. The van der Waals surface area contributed by atoms with Crippen LogP contribution >= 0.6 is 0 Å². The molecule has 2 nitrogen and oxygen atoms in total. The minimum absolute atomic E-state index is 0.162. The van der Waals surface area contributed by atoms with E-state index in [0.717, 1.165) is 30.1 Å². The van der Waals surface area contributed by atoms with Gasteiger partial charge >= 0.3 is 0 Å². The SMILES string of the molecule is C[C@]12CC[C@H](O[Si](C)(C)C)C[C@@H]1CC[C@@H]1[C@@H]2CC[C@@]2(C)[C@H]1CC[C@]2(C)O. The first-order valence-corrected chi connectivity index (χ1v) is 14.8. The fourth-order valence-electron chi connectivity index (χ4n) is 8.07. The predicted octanol–water partition coefficient (Wildman–Crippen LogP) is 6.00. The van der Waals surface area contributed by atoms with Crippen molar-refractivity contribution < 1.29 is 9.53 Å². The molecule has 0 bridgehead atoms. The van der Waals surface area contributed by atoms with Crippen LogP contribution in [0.1, 0.15) is 78.6 Å². The van der Waals surface area contributed by atoms with Gasteiger partial charge in [0.05, 0.1) is 5.60 Å². The van der Waals surface area contributed by atoms with E-state index < -0.39 is 13.9 Å². The maximum Gasteiger partial charge on any atom is 0.184 e. The van der Waals surface area contributed by atoms with E-state index in [-0.39, 0.29) is 5.41 Å². The quantitative estimate of drug-likeness (QED) is 0.597. The average Bonchev–Trinajstić information content (AvgIpc) is 2.76. The standard InChI is InChI=1S/C23H42O2Si/c1-21-12-9-17(25-26(4,5)6)15-16(21)7-8-18-19(21)10-13-22(2)20(18)11-14-23(22,3)24/h16-20,24H,7-15H2,1-6H3/t16-,17-,18+,19-,20-,21-,22-,23-/m0/s1. The molecule has 0 aliphatic heterocycles. The topological polar surface area (TPSA) is 29.5 Å². The van der Waals surface area contributed by atoms with E-state index in [2.05, 4.69) is 40.4 Å². The third kappa shape index (κ3) is 2.87. The first-order valence-electron chi connectivity index (χ1n) is 11.4. The van der Waals surface area contributed by atoms with Crippen LogP contribution in [-0.2, 0) is 4.43 Å². The Morgan fingerprint density at radius 3 is 2.23 bits per heavy atom. The molecule has 0 unspecified atom stereocenters. The second kappa shape index (κ2) is 6.07. The zero-order valence-electron chi connectivity index (χ0n) is 18.1. The van der Waals surface area contributed by atoms with Crippen molar-refractivity contribution in [1.82, 2.24) is 0 Å². The Balaban J connectivity index is 1.52. The van der Waals surface area contributed by atoms with Crippen LogP contribution in [0.2, 0.25) is 19.6 Å². The van der Waals surface area contributed by atoms with Crippen LogP contribution in [0.15, 0.2) is 0 Å². The second-order valence-electron chi connectivity index (χ2n) is 12.1. The van der Waals surface area contributed by atoms with Gasteiger partial charge in [0.15, 0.2) is 8.32 Å². The van der Waals surface area contributed by atoms with Gasteiger partial charge in [-0.1, -0.05) is 13.8 Å². The van der Waals surface area contributed by atoms with Gasteiger partial charge in [-0.2, -0.15) is 0 Å². The van der Waals surface area contributed by atoms with Crippen molar-refractivity contribution >= 4 is 8.32 Å². The molecular formula is C23H42O2Si. The zero-order chi connectivity index (χ0) is 19.0. The van der Waals surface area contributed by atoms with Crippen molar-refractivity contribution in [3.63, 3.8) is 0 Å². The van der Waals surface area contributed by atoms with Crippen molar-refractivity contribution in [3.05, 3.63) is 0 Å². The lowest BCUT2D eigenvalue weighted by Crippen LogP contribution is -2.56. The number of aliphatic hydroxyl groups is 1. The fourth-order valence-corrected chi connectivity index (χ4v) is 9.28. The molecule has 0 saturated heterocycles. The van der Waals surface area contributed by atoms with Gasteiger partial charge in [0.2, 0.25) is 0 Å². The van der Waals surface area contributed by atoms with E-state index >= 15 is 0 Å². The largest absolute Gasteiger partial charge is 0.415 e. The summed E-state index contributed by atoms with van der Waals surface area (Å²) in [7, 11) is -1.43. The van der Waals surface area contributed by atoms with Crippen LogP contribution in [0.5, 0.6) is 0 Å². The van der Waals surface area contributed by atoms with Crippen LogP contribution in [0.4, 0.5) is 0 Å². The minimum atomic E-state index is -1.43. The smallest absolute Gasteiger partial charge is 0.184 e. The molecular weight excluding hydrogens is 336 g/mol. The monoisotopic (exact) mass is 378 g/mol. The van der Waals surface area contributed by atoms with E-state index in [4.69, 9.17) is 4.43 Å². The Hall–Kier alpha value is 0.137. The molecule has 0 radical (unpaired) electrons. The molecule has 3 heteroatoms. The molecule has 150 valence electrons. The molecule has 4 fully saturated rings. The van der Waals surface area contributed by atoms with Crippen molar-refractivity contribution in [2.24, 2.45) is 34.5 Å². The summed E-state index contributed by atoms with van der Waals surface area (Å²) in [4.78, 5) is 0. The van der Waals surface area contributed by atoms with Crippen molar-refractivity contribution in [2.75, 3.05) is 0 Å². The molecule has 4 aliphatic carbocycles. The first-order chi connectivity index (χ1) is 12.0. The number of hydrogen-bond donors (Lipinski definition) is 1. The van der Waals surface area contributed by atoms with E-state index in [0.29, 0.717) is 11.5 Å². The van der Waals surface area contributed by atoms with E-state index in [1.807, 2.05) is 0 Å². The number of rotatable bonds is 2. The van der Waals surface area contributed by atoms with Crippen molar-refractivity contribution in [3.8, 4) is 0 Å². The highest BCUT2D eigenvalue weighted by Crippen LogP contribution is 2.68. The van der Waals surface area contributed by atoms with Crippen LogP contribution in [0.3, 0.4) is 0 Å². The summed E-state index contributed by atoms with van der Waals surface area (Å²) in [5.41, 5.74) is 0.247. The third-order valence-electron chi connectivity index (χ3n) is 9.70. The molecule has 0 heterocycles. The zero-order valence-corrected chi connectivity index (χ0v) is 19.1. The molecule has 1 N–H and O–H groups in total. The Kier molecular flexibility index (Phi) is 4.54. The number of hydrogen-bond acceptors (Lipinski definition) is 2. The Morgan fingerprint density at radius 2 is 1.54 bits per heavy atom. The molecule has 4 aliphatic rings. The summed E-state index contributed by atoms with van der Waals surface area (Å²) in [5, 5.41) is 11.1. The Bertz CT molecular complexity index is 553. The maximum absolute atomic E-state index is 11.1. The van der Waals surface area contributed by atoms with Crippen molar-refractivity contribution in [1.29, 1.82) is 0 Å². The van der Waals surface area contributed by atoms with Gasteiger partial charge in [-0.25, -0.2) is 0 Å². The third-order valence-corrected chi connectivity index (χ3v) is 10.7. The first kappa shape index (κ1) is 19.5.